The average Bonchev–Trinajstić information content (AvgIpc) is 3.23. The topological polar surface area (TPSA) is 85.8 Å². The molecular weight excluding hydrogens is 306 g/mol. The summed E-state index contributed by atoms with van der Waals surface area (Å²) in [5.74, 6) is -0.0543. The van der Waals surface area contributed by atoms with Crippen LogP contribution in [0.2, 0.25) is 0 Å². The van der Waals surface area contributed by atoms with Crippen LogP contribution in [-0.4, -0.2) is 25.9 Å². The molecule has 0 atom stereocenters. The van der Waals surface area contributed by atoms with Crippen LogP contribution in [0.1, 0.15) is 10.4 Å². The number of carbonyl (C=O) groups is 1. The van der Waals surface area contributed by atoms with Gasteiger partial charge in [-0.1, -0.05) is 35.4 Å². The van der Waals surface area contributed by atoms with Gasteiger partial charge in [0.1, 0.15) is 5.69 Å². The number of rotatable bonds is 3. The van der Waals surface area contributed by atoms with E-state index in [4.69, 9.17) is 4.42 Å². The molecular formula is C17H13N5O2. The lowest BCUT2D eigenvalue weighted by Gasteiger charge is -2.02. The third-order valence-corrected chi connectivity index (χ3v) is 3.59. The number of amides is 1. The number of hydrogen-bond donors (Lipinski definition) is 1. The maximum absolute atomic E-state index is 12.3. The predicted molar refractivity (Wildman–Crippen MR) is 88.4 cm³/mol. The highest BCUT2D eigenvalue weighted by molar-refractivity contribution is 6.05. The molecule has 0 aliphatic heterocycles. The van der Waals surface area contributed by atoms with Crippen LogP contribution in [0.5, 0.6) is 0 Å². The summed E-state index contributed by atoms with van der Waals surface area (Å²) < 4.78 is 7.06. The van der Waals surface area contributed by atoms with Crippen molar-refractivity contribution in [2.75, 3.05) is 5.32 Å². The van der Waals surface area contributed by atoms with Gasteiger partial charge in [-0.2, -0.15) is 5.10 Å². The summed E-state index contributed by atoms with van der Waals surface area (Å²) in [6.07, 6.45) is 1.77. The Hall–Kier alpha value is -3.48. The molecule has 0 bridgehead atoms. The first-order chi connectivity index (χ1) is 11.7. The Bertz CT molecular complexity index is 1030. The van der Waals surface area contributed by atoms with E-state index < -0.39 is 0 Å². The molecule has 2 heterocycles. The number of hydrogen-bond acceptors (Lipinski definition) is 5. The van der Waals surface area contributed by atoms with Crippen LogP contribution in [0.4, 0.5) is 6.01 Å². The molecule has 118 valence electrons. The fourth-order valence-corrected chi connectivity index (χ4v) is 2.41. The third kappa shape index (κ3) is 2.63. The second kappa shape index (κ2) is 5.62. The van der Waals surface area contributed by atoms with E-state index in [1.807, 2.05) is 36.4 Å². The van der Waals surface area contributed by atoms with Gasteiger partial charge in [-0.3, -0.25) is 14.8 Å². The zero-order chi connectivity index (χ0) is 16.5. The fourth-order valence-electron chi connectivity index (χ4n) is 2.41. The number of nitrogens with one attached hydrogen (secondary N) is 1. The molecule has 0 radical (unpaired) electrons. The van der Waals surface area contributed by atoms with Crippen LogP contribution in [0.25, 0.3) is 22.4 Å². The van der Waals surface area contributed by atoms with Gasteiger partial charge in [-0.15, -0.1) is 5.10 Å². The number of carbonyl (C=O) groups excluding carboxylic acids is 1. The first-order valence-corrected chi connectivity index (χ1v) is 7.33. The molecule has 4 aromatic rings. The lowest BCUT2D eigenvalue weighted by Crippen LogP contribution is -2.12. The molecule has 1 amide bonds. The minimum Gasteiger partial charge on any atom is -0.401 e. The van der Waals surface area contributed by atoms with Crippen LogP contribution in [-0.2, 0) is 7.05 Å². The van der Waals surface area contributed by atoms with Gasteiger partial charge in [0.2, 0.25) is 0 Å². The summed E-state index contributed by atoms with van der Waals surface area (Å²) in [4.78, 5) is 12.3. The molecule has 0 saturated carbocycles. The van der Waals surface area contributed by atoms with Crippen molar-refractivity contribution in [1.82, 2.24) is 20.0 Å². The lowest BCUT2D eigenvalue weighted by molar-refractivity contribution is 0.102. The number of benzene rings is 2. The Labute approximate surface area is 136 Å². The molecule has 4 rings (SSSR count). The standard InChI is InChI=1S/C17H13N5O2/c1-22-9-8-14(21-22)16-19-20-17(24-16)18-15(23)13-7-6-11-4-2-3-5-12(11)10-13/h2-10H,1H3,(H,18,20,23). The zero-order valence-electron chi connectivity index (χ0n) is 12.8. The quantitative estimate of drug-likeness (QED) is 0.627. The van der Waals surface area contributed by atoms with Crippen molar-refractivity contribution in [3.8, 4) is 11.6 Å². The minimum atomic E-state index is -0.308. The second-order valence-electron chi connectivity index (χ2n) is 5.30. The normalized spacial score (nSPS) is 10.9. The summed E-state index contributed by atoms with van der Waals surface area (Å²) in [5.41, 5.74) is 1.07. The second-order valence-corrected chi connectivity index (χ2v) is 5.30. The summed E-state index contributed by atoms with van der Waals surface area (Å²) in [6.45, 7) is 0. The Balaban J connectivity index is 1.56. The molecule has 7 heteroatoms. The highest BCUT2D eigenvalue weighted by Gasteiger charge is 2.14. The minimum absolute atomic E-state index is 0.0359. The first kappa shape index (κ1) is 14.1. The highest BCUT2D eigenvalue weighted by atomic mass is 16.4. The predicted octanol–water partition coefficient (Wildman–Crippen LogP) is 2.88. The maximum atomic E-state index is 12.3. The molecule has 0 spiro atoms. The maximum Gasteiger partial charge on any atom is 0.322 e. The molecule has 0 saturated heterocycles. The third-order valence-electron chi connectivity index (χ3n) is 3.59. The SMILES string of the molecule is Cn1ccc(-c2nnc(NC(=O)c3ccc4ccccc4c3)o2)n1. The van der Waals surface area contributed by atoms with E-state index in [-0.39, 0.29) is 17.8 Å². The van der Waals surface area contributed by atoms with Gasteiger partial charge in [-0.05, 0) is 29.0 Å². The molecule has 2 aromatic carbocycles. The Kier molecular flexibility index (Phi) is 3.31. The van der Waals surface area contributed by atoms with Gasteiger partial charge in [0, 0.05) is 18.8 Å². The summed E-state index contributed by atoms with van der Waals surface area (Å²) >= 11 is 0. The molecule has 24 heavy (non-hydrogen) atoms. The van der Waals surface area contributed by atoms with E-state index in [0.717, 1.165) is 10.8 Å². The summed E-state index contributed by atoms with van der Waals surface area (Å²) in [6, 6.07) is 15.1. The van der Waals surface area contributed by atoms with Crippen LogP contribution < -0.4 is 5.32 Å². The van der Waals surface area contributed by atoms with E-state index in [2.05, 4.69) is 20.6 Å². The molecule has 0 unspecified atom stereocenters. The molecule has 7 nitrogen and oxygen atoms in total. The van der Waals surface area contributed by atoms with Crippen molar-refractivity contribution in [3.63, 3.8) is 0 Å². The first-order valence-electron chi connectivity index (χ1n) is 7.33. The number of aromatic nitrogens is 4. The fraction of sp³-hybridized carbons (Fsp3) is 0.0588. The Morgan fingerprint density at radius 2 is 1.92 bits per heavy atom. The Morgan fingerprint density at radius 3 is 2.71 bits per heavy atom. The summed E-state index contributed by atoms with van der Waals surface area (Å²) in [5, 5.41) is 16.6. The molecule has 1 N–H and O–H groups in total. The molecule has 0 aliphatic carbocycles. The van der Waals surface area contributed by atoms with E-state index in [0.29, 0.717) is 11.3 Å². The summed E-state index contributed by atoms with van der Waals surface area (Å²) in [7, 11) is 1.79. The smallest absolute Gasteiger partial charge is 0.322 e. The molecule has 0 fully saturated rings. The van der Waals surface area contributed by atoms with Gasteiger partial charge in [0.15, 0.2) is 0 Å². The zero-order valence-corrected chi connectivity index (χ0v) is 12.8. The molecule has 0 aliphatic rings. The van der Waals surface area contributed by atoms with Crippen molar-refractivity contribution in [2.24, 2.45) is 7.05 Å². The van der Waals surface area contributed by atoms with Crippen LogP contribution in [0.15, 0.2) is 59.1 Å². The van der Waals surface area contributed by atoms with E-state index >= 15 is 0 Å². The van der Waals surface area contributed by atoms with Crippen molar-refractivity contribution < 1.29 is 9.21 Å². The van der Waals surface area contributed by atoms with Crippen LogP contribution in [0.3, 0.4) is 0 Å². The van der Waals surface area contributed by atoms with Gasteiger partial charge < -0.3 is 4.42 Å². The van der Waals surface area contributed by atoms with Gasteiger partial charge >= 0.3 is 6.01 Å². The largest absolute Gasteiger partial charge is 0.401 e. The van der Waals surface area contributed by atoms with Gasteiger partial charge in [0.25, 0.3) is 11.8 Å². The monoisotopic (exact) mass is 319 g/mol. The van der Waals surface area contributed by atoms with Crippen molar-refractivity contribution in [3.05, 3.63) is 60.3 Å². The number of anilines is 1. The lowest BCUT2D eigenvalue weighted by atomic mass is 10.1. The van der Waals surface area contributed by atoms with Crippen LogP contribution >= 0.6 is 0 Å². The number of fused-ring (bicyclic) bond motifs is 1. The van der Waals surface area contributed by atoms with Gasteiger partial charge in [0.05, 0.1) is 0 Å². The van der Waals surface area contributed by atoms with Gasteiger partial charge in [-0.25, -0.2) is 0 Å². The van der Waals surface area contributed by atoms with Crippen molar-refractivity contribution in [2.45, 2.75) is 0 Å². The van der Waals surface area contributed by atoms with E-state index in [1.165, 1.54) is 0 Å². The number of aryl methyl sites for hydroxylation is 1. The van der Waals surface area contributed by atoms with Crippen molar-refractivity contribution in [1.29, 1.82) is 0 Å². The van der Waals surface area contributed by atoms with E-state index in [9.17, 15) is 4.79 Å². The number of nitrogens with zero attached hydrogens (tertiary/aromatic N) is 4. The van der Waals surface area contributed by atoms with Crippen LogP contribution in [0, 0.1) is 0 Å². The highest BCUT2D eigenvalue weighted by Crippen LogP contribution is 2.19. The van der Waals surface area contributed by atoms with Crippen molar-refractivity contribution >= 4 is 22.7 Å². The van der Waals surface area contributed by atoms with E-state index in [1.54, 1.807) is 30.1 Å². The Morgan fingerprint density at radius 1 is 1.08 bits per heavy atom. The molecule has 2 aromatic heterocycles. The average molecular weight is 319 g/mol.